The average molecular weight is 345 g/mol. The second-order valence-electron chi connectivity index (χ2n) is 5.64. The molecular formula is C18H17ClN2O3. The first-order chi connectivity index (χ1) is 11.5. The van der Waals surface area contributed by atoms with Gasteiger partial charge in [0.2, 0.25) is 0 Å². The maximum atomic E-state index is 12.4. The number of aromatic nitrogens is 2. The highest BCUT2D eigenvalue weighted by Gasteiger charge is 2.10. The summed E-state index contributed by atoms with van der Waals surface area (Å²) < 4.78 is 6.90. The van der Waals surface area contributed by atoms with Crippen molar-refractivity contribution in [1.82, 2.24) is 9.55 Å². The van der Waals surface area contributed by atoms with Crippen molar-refractivity contribution < 1.29 is 9.84 Å². The third-order valence-electron chi connectivity index (χ3n) is 3.66. The van der Waals surface area contributed by atoms with Crippen LogP contribution in [0.2, 0.25) is 5.02 Å². The lowest BCUT2D eigenvalue weighted by molar-refractivity contribution is 0.0915. The van der Waals surface area contributed by atoms with Crippen molar-refractivity contribution in [3.8, 4) is 5.75 Å². The zero-order valence-corrected chi connectivity index (χ0v) is 13.9. The molecule has 3 aromatic rings. The van der Waals surface area contributed by atoms with Crippen molar-refractivity contribution >= 4 is 22.5 Å². The highest BCUT2D eigenvalue weighted by Crippen LogP contribution is 2.14. The molecule has 0 radical (unpaired) electrons. The molecule has 0 spiro atoms. The van der Waals surface area contributed by atoms with E-state index < -0.39 is 6.10 Å². The number of ether oxygens (including phenoxy) is 1. The van der Waals surface area contributed by atoms with E-state index in [1.165, 1.54) is 10.9 Å². The number of fused-ring (bicyclic) bond motifs is 1. The highest BCUT2D eigenvalue weighted by molar-refractivity contribution is 6.31. The normalized spacial score (nSPS) is 12.3. The molecule has 24 heavy (non-hydrogen) atoms. The van der Waals surface area contributed by atoms with Gasteiger partial charge in [-0.2, -0.15) is 0 Å². The monoisotopic (exact) mass is 344 g/mol. The van der Waals surface area contributed by atoms with Gasteiger partial charge in [-0.05, 0) is 37.3 Å². The Hall–Kier alpha value is -2.37. The van der Waals surface area contributed by atoms with E-state index in [0.29, 0.717) is 21.7 Å². The van der Waals surface area contributed by atoms with Crippen LogP contribution < -0.4 is 10.3 Å². The van der Waals surface area contributed by atoms with E-state index in [1.807, 2.05) is 31.2 Å². The predicted octanol–water partition coefficient (Wildman–Crippen LogP) is 2.80. The minimum Gasteiger partial charge on any atom is -0.491 e. The smallest absolute Gasteiger partial charge is 0.261 e. The standard InChI is InChI=1S/C18H17ClN2O3/c1-12-2-5-15(6-3-12)24-10-14(22)9-21-11-20-17-7-4-13(19)8-16(17)18(21)23/h2-8,11,14,22H,9-10H2,1H3/t14-/m1/s1. The summed E-state index contributed by atoms with van der Waals surface area (Å²) in [5.74, 6) is 0.676. The minimum absolute atomic E-state index is 0.0864. The summed E-state index contributed by atoms with van der Waals surface area (Å²) in [5.41, 5.74) is 1.47. The molecule has 0 unspecified atom stereocenters. The molecule has 0 amide bonds. The maximum absolute atomic E-state index is 12.4. The van der Waals surface area contributed by atoms with Gasteiger partial charge in [0.25, 0.3) is 5.56 Å². The van der Waals surface area contributed by atoms with Crippen LogP contribution in [0.5, 0.6) is 5.75 Å². The molecule has 0 aliphatic heterocycles. The molecule has 1 heterocycles. The zero-order valence-electron chi connectivity index (χ0n) is 13.1. The van der Waals surface area contributed by atoms with E-state index in [4.69, 9.17) is 16.3 Å². The Bertz CT molecular complexity index is 906. The van der Waals surface area contributed by atoms with Crippen molar-refractivity contribution in [2.45, 2.75) is 19.6 Å². The number of halogens is 1. The van der Waals surface area contributed by atoms with Crippen LogP contribution in [-0.4, -0.2) is 27.4 Å². The fourth-order valence-electron chi connectivity index (χ4n) is 2.37. The van der Waals surface area contributed by atoms with E-state index >= 15 is 0 Å². The lowest BCUT2D eigenvalue weighted by Crippen LogP contribution is -2.30. The van der Waals surface area contributed by atoms with Crippen LogP contribution in [0.1, 0.15) is 5.56 Å². The molecule has 1 aromatic heterocycles. The molecule has 2 aromatic carbocycles. The summed E-state index contributed by atoms with van der Waals surface area (Å²) in [6.45, 7) is 2.17. The van der Waals surface area contributed by atoms with Gasteiger partial charge < -0.3 is 9.84 Å². The van der Waals surface area contributed by atoms with Crippen LogP contribution in [0.4, 0.5) is 0 Å². The van der Waals surface area contributed by atoms with Gasteiger partial charge in [0.15, 0.2) is 0 Å². The minimum atomic E-state index is -0.831. The Morgan fingerprint density at radius 3 is 2.75 bits per heavy atom. The van der Waals surface area contributed by atoms with E-state index in [9.17, 15) is 9.90 Å². The number of aliphatic hydroxyl groups is 1. The molecule has 124 valence electrons. The van der Waals surface area contributed by atoms with E-state index in [0.717, 1.165) is 5.56 Å². The SMILES string of the molecule is Cc1ccc(OC[C@H](O)Cn2cnc3ccc(Cl)cc3c2=O)cc1. The van der Waals surface area contributed by atoms with Crippen LogP contribution in [0, 0.1) is 6.92 Å². The number of rotatable bonds is 5. The van der Waals surface area contributed by atoms with Crippen molar-refractivity contribution in [1.29, 1.82) is 0 Å². The summed E-state index contributed by atoms with van der Waals surface area (Å²) in [7, 11) is 0. The van der Waals surface area contributed by atoms with E-state index in [2.05, 4.69) is 4.98 Å². The lowest BCUT2D eigenvalue weighted by Gasteiger charge is -2.14. The number of aryl methyl sites for hydroxylation is 1. The molecule has 0 aliphatic rings. The first-order valence-corrected chi connectivity index (χ1v) is 7.93. The van der Waals surface area contributed by atoms with Crippen molar-refractivity contribution in [2.75, 3.05) is 6.61 Å². The molecule has 0 bridgehead atoms. The second-order valence-corrected chi connectivity index (χ2v) is 6.08. The Kier molecular flexibility index (Phi) is 4.83. The van der Waals surface area contributed by atoms with Crippen LogP contribution in [0.15, 0.2) is 53.6 Å². The van der Waals surface area contributed by atoms with Gasteiger partial charge in [0, 0.05) is 5.02 Å². The summed E-state index contributed by atoms with van der Waals surface area (Å²) >= 11 is 5.93. The van der Waals surface area contributed by atoms with Gasteiger partial charge in [0.1, 0.15) is 18.5 Å². The second kappa shape index (κ2) is 7.03. The topological polar surface area (TPSA) is 64.3 Å². The molecule has 5 nitrogen and oxygen atoms in total. The fraction of sp³-hybridized carbons (Fsp3) is 0.222. The summed E-state index contributed by atoms with van der Waals surface area (Å²) in [4.78, 5) is 16.7. The van der Waals surface area contributed by atoms with E-state index in [1.54, 1.807) is 18.2 Å². The summed E-state index contributed by atoms with van der Waals surface area (Å²) in [5, 5.41) is 11.0. The Balaban J connectivity index is 1.71. The van der Waals surface area contributed by atoms with Gasteiger partial charge in [0.05, 0.1) is 23.8 Å². The molecule has 3 rings (SSSR count). The van der Waals surface area contributed by atoms with Crippen LogP contribution >= 0.6 is 11.6 Å². The van der Waals surface area contributed by atoms with Gasteiger partial charge in [-0.3, -0.25) is 9.36 Å². The quantitative estimate of drug-likeness (QED) is 0.773. The number of hydrogen-bond acceptors (Lipinski definition) is 4. The molecule has 1 atom stereocenters. The lowest BCUT2D eigenvalue weighted by atomic mass is 10.2. The van der Waals surface area contributed by atoms with Gasteiger partial charge in [-0.1, -0.05) is 29.3 Å². The largest absolute Gasteiger partial charge is 0.491 e. The molecule has 0 saturated heterocycles. The molecule has 1 N–H and O–H groups in total. The van der Waals surface area contributed by atoms with Crippen LogP contribution in [0.25, 0.3) is 10.9 Å². The van der Waals surface area contributed by atoms with Crippen LogP contribution in [-0.2, 0) is 6.54 Å². The number of benzene rings is 2. The average Bonchev–Trinajstić information content (AvgIpc) is 2.57. The number of hydrogen-bond donors (Lipinski definition) is 1. The molecular weight excluding hydrogens is 328 g/mol. The first kappa shape index (κ1) is 16.5. The van der Waals surface area contributed by atoms with Gasteiger partial charge >= 0.3 is 0 Å². The third-order valence-corrected chi connectivity index (χ3v) is 3.89. The molecule has 6 heteroatoms. The molecule has 0 fully saturated rings. The number of aliphatic hydroxyl groups excluding tert-OH is 1. The molecule has 0 saturated carbocycles. The third kappa shape index (κ3) is 3.75. The predicted molar refractivity (Wildman–Crippen MR) is 93.7 cm³/mol. The van der Waals surface area contributed by atoms with Crippen molar-refractivity contribution in [2.24, 2.45) is 0 Å². The highest BCUT2D eigenvalue weighted by atomic mass is 35.5. The van der Waals surface area contributed by atoms with Gasteiger partial charge in [-0.25, -0.2) is 4.98 Å². The maximum Gasteiger partial charge on any atom is 0.261 e. The zero-order chi connectivity index (χ0) is 17.1. The Labute approximate surface area is 144 Å². The van der Waals surface area contributed by atoms with Gasteiger partial charge in [-0.15, -0.1) is 0 Å². The van der Waals surface area contributed by atoms with Crippen LogP contribution in [0.3, 0.4) is 0 Å². The van der Waals surface area contributed by atoms with E-state index in [-0.39, 0.29) is 18.7 Å². The molecule has 0 aliphatic carbocycles. The Morgan fingerprint density at radius 2 is 2.00 bits per heavy atom. The fourth-order valence-corrected chi connectivity index (χ4v) is 2.54. The summed E-state index contributed by atoms with van der Waals surface area (Å²) in [6, 6.07) is 12.5. The Morgan fingerprint density at radius 1 is 1.25 bits per heavy atom. The first-order valence-electron chi connectivity index (χ1n) is 7.55. The van der Waals surface area contributed by atoms with Crippen molar-refractivity contribution in [3.63, 3.8) is 0 Å². The summed E-state index contributed by atoms with van der Waals surface area (Å²) in [6.07, 6.45) is 0.593. The van der Waals surface area contributed by atoms with Crippen molar-refractivity contribution in [3.05, 3.63) is 69.7 Å². The number of nitrogens with zero attached hydrogens (tertiary/aromatic N) is 2.